The third kappa shape index (κ3) is 3.98. The summed E-state index contributed by atoms with van der Waals surface area (Å²) < 4.78 is 1.94. The molecule has 0 bridgehead atoms. The SMILES string of the molecule is CC(C)n1ncnc1CN[C@H](C)c1ccc(-c2cccc(C#N)c2)cc1. The van der Waals surface area contributed by atoms with Crippen LogP contribution < -0.4 is 5.32 Å². The van der Waals surface area contributed by atoms with Crippen molar-refractivity contribution >= 4 is 0 Å². The maximum absolute atomic E-state index is 9.05. The lowest BCUT2D eigenvalue weighted by Gasteiger charge is -2.16. The van der Waals surface area contributed by atoms with Gasteiger partial charge in [0, 0.05) is 12.1 Å². The Hall–Kier alpha value is -2.97. The van der Waals surface area contributed by atoms with E-state index in [0.29, 0.717) is 18.2 Å². The van der Waals surface area contributed by atoms with Gasteiger partial charge in [0.1, 0.15) is 12.2 Å². The van der Waals surface area contributed by atoms with E-state index in [2.05, 4.69) is 66.5 Å². The van der Waals surface area contributed by atoms with Crippen LogP contribution >= 0.6 is 0 Å². The van der Waals surface area contributed by atoms with E-state index in [1.807, 2.05) is 28.9 Å². The zero-order valence-electron chi connectivity index (χ0n) is 15.3. The molecule has 0 unspecified atom stereocenters. The van der Waals surface area contributed by atoms with Gasteiger partial charge in [-0.3, -0.25) is 0 Å². The average molecular weight is 345 g/mol. The Balaban J connectivity index is 1.68. The molecule has 1 aromatic heterocycles. The van der Waals surface area contributed by atoms with Crippen molar-refractivity contribution in [2.24, 2.45) is 0 Å². The molecule has 0 radical (unpaired) electrons. The maximum atomic E-state index is 9.05. The highest BCUT2D eigenvalue weighted by atomic mass is 15.4. The van der Waals surface area contributed by atoms with Gasteiger partial charge in [0.05, 0.1) is 18.2 Å². The van der Waals surface area contributed by atoms with Crippen LogP contribution in [-0.4, -0.2) is 14.8 Å². The minimum atomic E-state index is 0.201. The molecule has 132 valence electrons. The number of nitriles is 1. The molecule has 0 spiro atoms. The molecule has 0 fully saturated rings. The fourth-order valence-corrected chi connectivity index (χ4v) is 2.93. The highest BCUT2D eigenvalue weighted by molar-refractivity contribution is 5.65. The molecule has 1 atom stereocenters. The molecule has 26 heavy (non-hydrogen) atoms. The van der Waals surface area contributed by atoms with Crippen LogP contribution in [0.25, 0.3) is 11.1 Å². The smallest absolute Gasteiger partial charge is 0.141 e. The standard InChI is InChI=1S/C21H23N5/c1-15(2)26-21(24-14-25-26)13-23-16(3)18-7-9-19(10-8-18)20-6-4-5-17(11-20)12-22/h4-11,14-16,23H,13H2,1-3H3/t16-/m1/s1. The molecule has 0 saturated heterocycles. The van der Waals surface area contributed by atoms with Gasteiger partial charge in [-0.2, -0.15) is 10.4 Å². The largest absolute Gasteiger partial charge is 0.303 e. The summed E-state index contributed by atoms with van der Waals surface area (Å²) >= 11 is 0. The molecule has 0 aliphatic heterocycles. The van der Waals surface area contributed by atoms with Crippen LogP contribution in [0, 0.1) is 11.3 Å². The molecule has 1 N–H and O–H groups in total. The molecule has 1 heterocycles. The number of benzene rings is 2. The van der Waals surface area contributed by atoms with Crippen LogP contribution in [0.2, 0.25) is 0 Å². The van der Waals surface area contributed by atoms with E-state index in [0.717, 1.165) is 17.0 Å². The summed E-state index contributed by atoms with van der Waals surface area (Å²) in [6, 6.07) is 18.8. The maximum Gasteiger partial charge on any atom is 0.141 e. The van der Waals surface area contributed by atoms with E-state index in [1.165, 1.54) is 5.56 Å². The van der Waals surface area contributed by atoms with Crippen molar-refractivity contribution in [2.75, 3.05) is 0 Å². The van der Waals surface area contributed by atoms with Crippen LogP contribution in [0.1, 0.15) is 49.8 Å². The molecule has 0 saturated carbocycles. The van der Waals surface area contributed by atoms with Crippen molar-refractivity contribution in [3.8, 4) is 17.2 Å². The number of hydrogen-bond acceptors (Lipinski definition) is 4. The van der Waals surface area contributed by atoms with E-state index < -0.39 is 0 Å². The van der Waals surface area contributed by atoms with E-state index in [-0.39, 0.29) is 6.04 Å². The summed E-state index contributed by atoms with van der Waals surface area (Å²) in [5.74, 6) is 0.941. The monoisotopic (exact) mass is 345 g/mol. The molecule has 0 aliphatic carbocycles. The normalized spacial score (nSPS) is 12.1. The van der Waals surface area contributed by atoms with Gasteiger partial charge in [0.2, 0.25) is 0 Å². The van der Waals surface area contributed by atoms with E-state index in [1.54, 1.807) is 6.33 Å². The second kappa shape index (κ2) is 7.94. The van der Waals surface area contributed by atoms with Crippen molar-refractivity contribution in [3.05, 3.63) is 71.8 Å². The number of nitrogens with zero attached hydrogens (tertiary/aromatic N) is 4. The predicted octanol–water partition coefficient (Wildman–Crippen LogP) is 4.25. The Kier molecular flexibility index (Phi) is 5.45. The molecule has 5 nitrogen and oxygen atoms in total. The van der Waals surface area contributed by atoms with E-state index in [4.69, 9.17) is 5.26 Å². The topological polar surface area (TPSA) is 66.5 Å². The number of hydrogen-bond donors (Lipinski definition) is 1. The van der Waals surface area contributed by atoms with Gasteiger partial charge in [-0.05, 0) is 49.6 Å². The van der Waals surface area contributed by atoms with Crippen LogP contribution in [-0.2, 0) is 6.54 Å². The van der Waals surface area contributed by atoms with Gasteiger partial charge >= 0.3 is 0 Å². The summed E-state index contributed by atoms with van der Waals surface area (Å²) in [5.41, 5.74) is 4.05. The lowest BCUT2D eigenvalue weighted by Crippen LogP contribution is -2.21. The Labute approximate surface area is 154 Å². The van der Waals surface area contributed by atoms with Gasteiger partial charge in [0.25, 0.3) is 0 Å². The first kappa shape index (κ1) is 17.8. The van der Waals surface area contributed by atoms with Crippen molar-refractivity contribution < 1.29 is 0 Å². The fourth-order valence-electron chi connectivity index (χ4n) is 2.93. The third-order valence-electron chi connectivity index (χ3n) is 4.44. The summed E-state index contributed by atoms with van der Waals surface area (Å²) in [4.78, 5) is 4.34. The highest BCUT2D eigenvalue weighted by Crippen LogP contribution is 2.23. The lowest BCUT2D eigenvalue weighted by molar-refractivity contribution is 0.473. The minimum absolute atomic E-state index is 0.201. The van der Waals surface area contributed by atoms with Gasteiger partial charge in [-0.25, -0.2) is 9.67 Å². The predicted molar refractivity (Wildman–Crippen MR) is 102 cm³/mol. The van der Waals surface area contributed by atoms with Crippen molar-refractivity contribution in [2.45, 2.75) is 39.4 Å². The first-order chi connectivity index (χ1) is 12.6. The van der Waals surface area contributed by atoms with E-state index >= 15 is 0 Å². The lowest BCUT2D eigenvalue weighted by atomic mass is 10.00. The Bertz CT molecular complexity index is 903. The van der Waals surface area contributed by atoms with Crippen molar-refractivity contribution in [1.29, 1.82) is 5.26 Å². The Morgan fingerprint density at radius 1 is 1.08 bits per heavy atom. The number of aromatic nitrogens is 3. The summed E-state index contributed by atoms with van der Waals surface area (Å²) in [6.07, 6.45) is 1.60. The van der Waals surface area contributed by atoms with Gasteiger partial charge in [-0.15, -0.1) is 0 Å². The zero-order chi connectivity index (χ0) is 18.5. The summed E-state index contributed by atoms with van der Waals surface area (Å²) in [6.45, 7) is 7.01. The van der Waals surface area contributed by atoms with Crippen LogP contribution in [0.4, 0.5) is 0 Å². The molecule has 0 aliphatic rings. The summed E-state index contributed by atoms with van der Waals surface area (Å²) in [5, 5.41) is 16.8. The summed E-state index contributed by atoms with van der Waals surface area (Å²) in [7, 11) is 0. The molecular weight excluding hydrogens is 322 g/mol. The van der Waals surface area contributed by atoms with Crippen LogP contribution in [0.15, 0.2) is 54.9 Å². The van der Waals surface area contributed by atoms with Crippen LogP contribution in [0.5, 0.6) is 0 Å². The average Bonchev–Trinajstić information content (AvgIpc) is 3.15. The van der Waals surface area contributed by atoms with Gasteiger partial charge < -0.3 is 5.32 Å². The van der Waals surface area contributed by atoms with Crippen LogP contribution in [0.3, 0.4) is 0 Å². The Morgan fingerprint density at radius 2 is 1.85 bits per heavy atom. The highest BCUT2D eigenvalue weighted by Gasteiger charge is 2.10. The Morgan fingerprint density at radius 3 is 2.54 bits per heavy atom. The zero-order valence-corrected chi connectivity index (χ0v) is 15.3. The molecule has 5 heteroatoms. The first-order valence-electron chi connectivity index (χ1n) is 8.80. The minimum Gasteiger partial charge on any atom is -0.303 e. The third-order valence-corrected chi connectivity index (χ3v) is 4.44. The molecule has 0 amide bonds. The number of nitrogens with one attached hydrogen (secondary N) is 1. The molecule has 2 aromatic carbocycles. The molecular formula is C21H23N5. The second-order valence-corrected chi connectivity index (χ2v) is 6.63. The quantitative estimate of drug-likeness (QED) is 0.725. The second-order valence-electron chi connectivity index (χ2n) is 6.63. The fraction of sp³-hybridized carbons (Fsp3) is 0.286. The van der Waals surface area contributed by atoms with Crippen molar-refractivity contribution in [3.63, 3.8) is 0 Å². The molecule has 3 rings (SSSR count). The van der Waals surface area contributed by atoms with Gasteiger partial charge in [-0.1, -0.05) is 36.4 Å². The van der Waals surface area contributed by atoms with E-state index in [9.17, 15) is 0 Å². The first-order valence-corrected chi connectivity index (χ1v) is 8.80. The van der Waals surface area contributed by atoms with Gasteiger partial charge in [0.15, 0.2) is 0 Å². The number of rotatable bonds is 6. The molecule has 3 aromatic rings. The van der Waals surface area contributed by atoms with Crippen molar-refractivity contribution in [1.82, 2.24) is 20.1 Å².